The summed E-state index contributed by atoms with van der Waals surface area (Å²) in [5, 5.41) is 3.66. The largest absolute Gasteiger partial charge is 0.376 e. The maximum atomic E-state index is 12.4. The van der Waals surface area contributed by atoms with Crippen molar-refractivity contribution in [3.8, 4) is 0 Å². The van der Waals surface area contributed by atoms with Crippen molar-refractivity contribution in [1.82, 2.24) is 4.98 Å². The second kappa shape index (κ2) is 5.93. The molecule has 1 N–H and O–H groups in total. The molecule has 24 heavy (non-hydrogen) atoms. The number of pyridine rings is 1. The molecule has 4 heteroatoms. The van der Waals surface area contributed by atoms with Crippen molar-refractivity contribution in [3.63, 3.8) is 0 Å². The third kappa shape index (κ3) is 2.56. The Morgan fingerprint density at radius 3 is 2.58 bits per heavy atom. The minimum atomic E-state index is 0.116. The molecule has 0 radical (unpaired) electrons. The molecule has 1 aromatic heterocycles. The van der Waals surface area contributed by atoms with Crippen molar-refractivity contribution in [3.05, 3.63) is 54.4 Å². The van der Waals surface area contributed by atoms with Gasteiger partial charge in [0, 0.05) is 30.8 Å². The van der Waals surface area contributed by atoms with E-state index in [0.29, 0.717) is 11.8 Å². The third-order valence-electron chi connectivity index (χ3n) is 5.27. The number of para-hydroxylation sites is 1. The van der Waals surface area contributed by atoms with Crippen LogP contribution in [0.25, 0.3) is 0 Å². The Morgan fingerprint density at radius 2 is 1.92 bits per heavy atom. The normalized spacial score (nSPS) is 25.9. The zero-order valence-corrected chi connectivity index (χ0v) is 14.1. The molecule has 1 saturated carbocycles. The van der Waals surface area contributed by atoms with Crippen LogP contribution in [0.4, 0.5) is 11.4 Å². The molecular formula is C20H23N3O. The van der Waals surface area contributed by atoms with E-state index in [-0.39, 0.29) is 18.0 Å². The topological polar surface area (TPSA) is 45.2 Å². The number of hydrogen-bond acceptors (Lipinski definition) is 3. The van der Waals surface area contributed by atoms with Crippen molar-refractivity contribution < 1.29 is 4.79 Å². The van der Waals surface area contributed by atoms with Crippen LogP contribution >= 0.6 is 0 Å². The summed E-state index contributed by atoms with van der Waals surface area (Å²) in [6.07, 6.45) is 4.25. The van der Waals surface area contributed by atoms with Crippen LogP contribution in [0.2, 0.25) is 0 Å². The van der Waals surface area contributed by atoms with Gasteiger partial charge in [-0.2, -0.15) is 0 Å². The molecule has 1 aromatic carbocycles. The molecule has 0 bridgehead atoms. The Morgan fingerprint density at radius 1 is 1.17 bits per heavy atom. The molecule has 1 aliphatic carbocycles. The number of amides is 1. The van der Waals surface area contributed by atoms with Crippen LogP contribution < -0.4 is 10.2 Å². The minimum Gasteiger partial charge on any atom is -0.376 e. The molecule has 1 aliphatic heterocycles. The van der Waals surface area contributed by atoms with Crippen molar-refractivity contribution in [2.75, 3.05) is 10.2 Å². The molecule has 2 aliphatic rings. The van der Waals surface area contributed by atoms with E-state index in [9.17, 15) is 4.79 Å². The average molecular weight is 321 g/mol. The van der Waals surface area contributed by atoms with E-state index >= 15 is 0 Å². The fraction of sp³-hybridized carbons (Fsp3) is 0.400. The number of carbonyl (C=O) groups excluding carboxylic acids is 1. The molecule has 1 amide bonds. The van der Waals surface area contributed by atoms with E-state index in [2.05, 4.69) is 29.4 Å². The van der Waals surface area contributed by atoms with Crippen molar-refractivity contribution in [2.24, 2.45) is 11.8 Å². The third-order valence-corrected chi connectivity index (χ3v) is 5.27. The first-order valence-electron chi connectivity index (χ1n) is 8.73. The summed E-state index contributed by atoms with van der Waals surface area (Å²) in [6.45, 7) is 3.92. The lowest BCUT2D eigenvalue weighted by Gasteiger charge is -2.45. The maximum Gasteiger partial charge on any atom is 0.224 e. The van der Waals surface area contributed by atoms with Gasteiger partial charge in [0.1, 0.15) is 0 Å². The van der Waals surface area contributed by atoms with Crippen molar-refractivity contribution in [1.29, 1.82) is 0 Å². The number of hydrogen-bond donors (Lipinski definition) is 1. The fourth-order valence-corrected chi connectivity index (χ4v) is 4.07. The molecule has 0 spiro atoms. The SMILES string of the molecule is CC(=O)N1c2cccnc2[C@H](Nc2ccccc2)[C@@H](C)[C@@H]1C1CC1. The zero-order valence-electron chi connectivity index (χ0n) is 14.1. The molecule has 4 rings (SSSR count). The highest BCUT2D eigenvalue weighted by atomic mass is 16.2. The Hall–Kier alpha value is -2.36. The lowest BCUT2D eigenvalue weighted by atomic mass is 9.82. The van der Waals surface area contributed by atoms with Gasteiger partial charge < -0.3 is 10.2 Å². The quantitative estimate of drug-likeness (QED) is 0.929. The summed E-state index contributed by atoms with van der Waals surface area (Å²) in [5.41, 5.74) is 3.03. The fourth-order valence-electron chi connectivity index (χ4n) is 4.07. The number of nitrogens with zero attached hydrogens (tertiary/aromatic N) is 2. The molecule has 1 fully saturated rings. The van der Waals surface area contributed by atoms with E-state index in [4.69, 9.17) is 0 Å². The lowest BCUT2D eigenvalue weighted by Crippen LogP contribution is -2.51. The van der Waals surface area contributed by atoms with E-state index in [1.165, 1.54) is 12.8 Å². The van der Waals surface area contributed by atoms with Crippen LogP contribution in [-0.4, -0.2) is 16.9 Å². The smallest absolute Gasteiger partial charge is 0.224 e. The Bertz CT molecular complexity index is 742. The standard InChI is InChI=1S/C20H23N3O/c1-13-18(22-16-7-4-3-5-8-16)19-17(9-6-12-21-19)23(14(2)24)20(13)15-10-11-15/h3-9,12-13,15,18,20,22H,10-11H2,1-2H3/t13-,18-,20-/m1/s1. The second-order valence-electron chi connectivity index (χ2n) is 6.97. The predicted molar refractivity (Wildman–Crippen MR) is 95.9 cm³/mol. The minimum absolute atomic E-state index is 0.116. The number of benzene rings is 1. The first kappa shape index (κ1) is 15.2. The second-order valence-corrected chi connectivity index (χ2v) is 6.97. The van der Waals surface area contributed by atoms with Gasteiger partial charge in [-0.1, -0.05) is 25.1 Å². The number of anilines is 2. The number of aromatic nitrogens is 1. The number of rotatable bonds is 3. The number of fused-ring (bicyclic) bond motifs is 1. The molecule has 124 valence electrons. The predicted octanol–water partition coefficient (Wildman–Crippen LogP) is 4.02. The zero-order chi connectivity index (χ0) is 16.7. The van der Waals surface area contributed by atoms with E-state index in [1.54, 1.807) is 6.92 Å². The lowest BCUT2D eigenvalue weighted by molar-refractivity contribution is -0.117. The van der Waals surface area contributed by atoms with E-state index in [0.717, 1.165) is 17.1 Å². The molecule has 2 aromatic rings. The molecule has 0 unspecified atom stereocenters. The summed E-state index contributed by atoms with van der Waals surface area (Å²) in [4.78, 5) is 19.0. The van der Waals surface area contributed by atoms with Gasteiger partial charge in [0.05, 0.1) is 17.4 Å². The first-order valence-corrected chi connectivity index (χ1v) is 8.73. The van der Waals surface area contributed by atoms with Gasteiger partial charge in [0.2, 0.25) is 5.91 Å². The van der Waals surface area contributed by atoms with Gasteiger partial charge in [-0.25, -0.2) is 0 Å². The highest BCUT2D eigenvalue weighted by molar-refractivity contribution is 5.93. The molecule has 2 heterocycles. The van der Waals surface area contributed by atoms with Crippen LogP contribution in [0.3, 0.4) is 0 Å². The van der Waals surface area contributed by atoms with Gasteiger partial charge >= 0.3 is 0 Å². The highest BCUT2D eigenvalue weighted by Gasteiger charge is 2.47. The molecule has 0 saturated heterocycles. The molecule has 4 nitrogen and oxygen atoms in total. The van der Waals surface area contributed by atoms with Crippen LogP contribution in [0.5, 0.6) is 0 Å². The summed E-state index contributed by atoms with van der Waals surface area (Å²) in [5.74, 6) is 1.03. The molecule has 3 atom stereocenters. The Labute approximate surface area is 142 Å². The Balaban J connectivity index is 1.78. The van der Waals surface area contributed by atoms with Crippen molar-refractivity contribution in [2.45, 2.75) is 38.8 Å². The van der Waals surface area contributed by atoms with E-state index in [1.807, 2.05) is 41.4 Å². The summed E-state index contributed by atoms with van der Waals surface area (Å²) in [7, 11) is 0. The molecular weight excluding hydrogens is 298 g/mol. The van der Waals surface area contributed by atoms with E-state index < -0.39 is 0 Å². The Kier molecular flexibility index (Phi) is 3.75. The van der Waals surface area contributed by atoms with Crippen LogP contribution in [-0.2, 0) is 4.79 Å². The first-order chi connectivity index (χ1) is 11.7. The van der Waals surface area contributed by atoms with Gasteiger partial charge in [-0.05, 0) is 43.0 Å². The van der Waals surface area contributed by atoms with Gasteiger partial charge in [0.15, 0.2) is 0 Å². The average Bonchev–Trinajstić information content (AvgIpc) is 3.42. The number of nitrogens with one attached hydrogen (secondary N) is 1. The van der Waals surface area contributed by atoms with Crippen LogP contribution in [0.15, 0.2) is 48.7 Å². The summed E-state index contributed by atoms with van der Waals surface area (Å²) in [6, 6.07) is 14.6. The van der Waals surface area contributed by atoms with Crippen LogP contribution in [0, 0.1) is 11.8 Å². The van der Waals surface area contributed by atoms with Gasteiger partial charge in [-0.3, -0.25) is 9.78 Å². The highest BCUT2D eigenvalue weighted by Crippen LogP contribution is 2.49. The maximum absolute atomic E-state index is 12.4. The van der Waals surface area contributed by atoms with Gasteiger partial charge in [0.25, 0.3) is 0 Å². The monoisotopic (exact) mass is 321 g/mol. The van der Waals surface area contributed by atoms with Gasteiger partial charge in [-0.15, -0.1) is 0 Å². The summed E-state index contributed by atoms with van der Waals surface area (Å²) >= 11 is 0. The van der Waals surface area contributed by atoms with Crippen molar-refractivity contribution >= 4 is 17.3 Å². The van der Waals surface area contributed by atoms with Crippen LogP contribution in [0.1, 0.15) is 38.4 Å². The number of carbonyl (C=O) groups is 1. The summed E-state index contributed by atoms with van der Waals surface area (Å²) < 4.78 is 0.